The van der Waals surface area contributed by atoms with Crippen LogP contribution in [0.2, 0.25) is 0 Å². The molecule has 3 nitrogen and oxygen atoms in total. The van der Waals surface area contributed by atoms with Gasteiger partial charge in [-0.3, -0.25) is 4.79 Å². The van der Waals surface area contributed by atoms with Gasteiger partial charge in [0.2, 0.25) is 0 Å². The molecule has 0 bridgehead atoms. The first kappa shape index (κ1) is 15.3. The van der Waals surface area contributed by atoms with Gasteiger partial charge in [0.05, 0.1) is 5.56 Å². The van der Waals surface area contributed by atoms with Gasteiger partial charge in [0.1, 0.15) is 5.75 Å². The van der Waals surface area contributed by atoms with Gasteiger partial charge in [-0.05, 0) is 54.1 Å². The van der Waals surface area contributed by atoms with Gasteiger partial charge in [-0.25, -0.2) is 0 Å². The first-order chi connectivity index (χ1) is 8.54. The Balaban J connectivity index is 2.56. The smallest absolute Gasteiger partial charge is 0.255 e. The van der Waals surface area contributed by atoms with Crippen LogP contribution in [0.4, 0.5) is 0 Å². The second-order valence-corrected chi connectivity index (χ2v) is 5.78. The minimum absolute atomic E-state index is 0.0358. The van der Waals surface area contributed by atoms with Crippen LogP contribution in [-0.4, -0.2) is 17.1 Å². The van der Waals surface area contributed by atoms with E-state index in [4.69, 9.17) is 0 Å². The lowest BCUT2D eigenvalue weighted by molar-refractivity contribution is 0.0935. The molecule has 0 aliphatic carbocycles. The Morgan fingerprint density at radius 3 is 2.83 bits per heavy atom. The number of carbonyl (C=O) groups excluding carboxylic acids is 1. The minimum atomic E-state index is -0.199. The van der Waals surface area contributed by atoms with Crippen molar-refractivity contribution in [1.29, 1.82) is 0 Å². The van der Waals surface area contributed by atoms with Crippen molar-refractivity contribution in [1.82, 2.24) is 5.32 Å². The Morgan fingerprint density at radius 1 is 1.44 bits per heavy atom. The average Bonchev–Trinajstić information content (AvgIpc) is 2.32. The Labute approximate surface area is 122 Å². The van der Waals surface area contributed by atoms with Crippen LogP contribution in [0.1, 0.15) is 49.9 Å². The number of carbonyl (C=O) groups is 1. The van der Waals surface area contributed by atoms with Crippen LogP contribution < -0.4 is 5.32 Å². The lowest BCUT2D eigenvalue weighted by Crippen LogP contribution is -2.32. The number of benzene rings is 1. The lowest BCUT2D eigenvalue weighted by atomic mass is 10.1. The van der Waals surface area contributed by atoms with E-state index >= 15 is 0 Å². The van der Waals surface area contributed by atoms with Gasteiger partial charge in [-0.15, -0.1) is 0 Å². The van der Waals surface area contributed by atoms with Crippen LogP contribution in [-0.2, 0) is 0 Å². The highest BCUT2D eigenvalue weighted by Crippen LogP contribution is 2.19. The topological polar surface area (TPSA) is 49.3 Å². The molecule has 1 amide bonds. The van der Waals surface area contributed by atoms with Crippen LogP contribution in [0.3, 0.4) is 0 Å². The molecule has 18 heavy (non-hydrogen) atoms. The van der Waals surface area contributed by atoms with Gasteiger partial charge >= 0.3 is 0 Å². The fraction of sp³-hybridized carbons (Fsp3) is 0.500. The predicted molar refractivity (Wildman–Crippen MR) is 81.9 cm³/mol. The van der Waals surface area contributed by atoms with E-state index < -0.39 is 0 Å². The number of aromatic hydroxyl groups is 1. The molecule has 4 heteroatoms. The average molecular weight is 361 g/mol. The molecular formula is C14H20INO2. The lowest BCUT2D eigenvalue weighted by Gasteiger charge is -2.14. The first-order valence-electron chi connectivity index (χ1n) is 6.34. The van der Waals surface area contributed by atoms with Crippen molar-refractivity contribution >= 4 is 28.5 Å². The molecule has 0 saturated heterocycles. The zero-order valence-electron chi connectivity index (χ0n) is 10.9. The standard InChI is InChI=1S/C14H20INO2/c1-3-4-5-6-10(2)16-14(18)12-9-11(15)7-8-13(12)17/h7-10,17H,3-6H2,1-2H3,(H,16,18). The number of amides is 1. The van der Waals surface area contributed by atoms with Crippen LogP contribution in [0, 0.1) is 3.57 Å². The molecule has 1 aromatic carbocycles. The molecule has 0 aromatic heterocycles. The number of hydrogen-bond acceptors (Lipinski definition) is 2. The molecule has 1 aromatic rings. The predicted octanol–water partition coefficient (Wildman–Crippen LogP) is 3.70. The van der Waals surface area contributed by atoms with Gasteiger partial charge in [0.15, 0.2) is 0 Å². The molecule has 2 N–H and O–H groups in total. The molecule has 100 valence electrons. The number of unbranched alkanes of at least 4 members (excludes halogenated alkanes) is 2. The summed E-state index contributed by atoms with van der Waals surface area (Å²) >= 11 is 2.13. The Kier molecular flexibility index (Phi) is 6.46. The molecule has 1 rings (SSSR count). The summed E-state index contributed by atoms with van der Waals surface area (Å²) in [5, 5.41) is 12.6. The zero-order valence-corrected chi connectivity index (χ0v) is 13.0. The van der Waals surface area contributed by atoms with E-state index in [1.165, 1.54) is 12.8 Å². The van der Waals surface area contributed by atoms with Gasteiger partial charge in [0, 0.05) is 9.61 Å². The number of nitrogens with one attached hydrogen (secondary N) is 1. The van der Waals surface area contributed by atoms with Crippen LogP contribution in [0.5, 0.6) is 5.75 Å². The van der Waals surface area contributed by atoms with Crippen molar-refractivity contribution in [2.24, 2.45) is 0 Å². The number of phenolic OH excluding ortho intramolecular Hbond substituents is 1. The SMILES string of the molecule is CCCCCC(C)NC(=O)c1cc(I)ccc1O. The number of phenols is 1. The van der Waals surface area contributed by atoms with Crippen LogP contribution in [0.25, 0.3) is 0 Å². The molecule has 0 radical (unpaired) electrons. The van der Waals surface area contributed by atoms with Crippen molar-refractivity contribution < 1.29 is 9.90 Å². The third-order valence-corrected chi connectivity index (χ3v) is 3.49. The monoisotopic (exact) mass is 361 g/mol. The van der Waals surface area contributed by atoms with Crippen molar-refractivity contribution in [3.05, 3.63) is 27.3 Å². The third-order valence-electron chi connectivity index (χ3n) is 2.82. The van der Waals surface area contributed by atoms with Gasteiger partial charge in [0.25, 0.3) is 5.91 Å². The van der Waals surface area contributed by atoms with Crippen molar-refractivity contribution in [2.75, 3.05) is 0 Å². The number of hydrogen-bond donors (Lipinski definition) is 2. The van der Waals surface area contributed by atoms with E-state index in [0.29, 0.717) is 5.56 Å². The van der Waals surface area contributed by atoms with Gasteiger partial charge in [-0.1, -0.05) is 26.2 Å². The molecular weight excluding hydrogens is 341 g/mol. The normalized spacial score (nSPS) is 12.2. The van der Waals surface area contributed by atoms with E-state index in [-0.39, 0.29) is 17.7 Å². The maximum atomic E-state index is 12.0. The van der Waals surface area contributed by atoms with Gasteiger partial charge < -0.3 is 10.4 Å². The second kappa shape index (κ2) is 7.61. The van der Waals surface area contributed by atoms with Crippen molar-refractivity contribution in [3.63, 3.8) is 0 Å². The number of rotatable bonds is 6. The van der Waals surface area contributed by atoms with E-state index in [0.717, 1.165) is 16.4 Å². The molecule has 1 unspecified atom stereocenters. The van der Waals surface area contributed by atoms with Crippen LogP contribution in [0.15, 0.2) is 18.2 Å². The highest BCUT2D eigenvalue weighted by atomic mass is 127. The summed E-state index contributed by atoms with van der Waals surface area (Å²) in [6.07, 6.45) is 4.47. The Bertz CT molecular complexity index is 407. The minimum Gasteiger partial charge on any atom is -0.507 e. The summed E-state index contributed by atoms with van der Waals surface area (Å²) < 4.78 is 0.939. The van der Waals surface area contributed by atoms with Gasteiger partial charge in [-0.2, -0.15) is 0 Å². The zero-order chi connectivity index (χ0) is 13.5. The summed E-state index contributed by atoms with van der Waals surface area (Å²) in [5.74, 6) is -0.163. The van der Waals surface area contributed by atoms with E-state index in [1.54, 1.807) is 18.2 Å². The molecule has 1 atom stereocenters. The van der Waals surface area contributed by atoms with E-state index in [1.807, 2.05) is 6.92 Å². The summed E-state index contributed by atoms with van der Waals surface area (Å²) in [6.45, 7) is 4.16. The van der Waals surface area contributed by atoms with Crippen LogP contribution >= 0.6 is 22.6 Å². The van der Waals surface area contributed by atoms with Crippen molar-refractivity contribution in [2.45, 2.75) is 45.6 Å². The van der Waals surface area contributed by atoms with E-state index in [9.17, 15) is 9.90 Å². The molecule has 0 heterocycles. The fourth-order valence-corrected chi connectivity index (χ4v) is 2.26. The molecule has 0 aliphatic heterocycles. The molecule has 0 saturated carbocycles. The summed E-state index contributed by atoms with van der Waals surface area (Å²) in [4.78, 5) is 12.0. The van der Waals surface area contributed by atoms with Crippen molar-refractivity contribution in [3.8, 4) is 5.75 Å². The Morgan fingerprint density at radius 2 is 2.17 bits per heavy atom. The molecule has 0 fully saturated rings. The first-order valence-corrected chi connectivity index (χ1v) is 7.41. The largest absolute Gasteiger partial charge is 0.507 e. The van der Waals surface area contributed by atoms with E-state index in [2.05, 4.69) is 34.8 Å². The Hall–Kier alpha value is -0.780. The fourth-order valence-electron chi connectivity index (χ4n) is 1.76. The summed E-state index contributed by atoms with van der Waals surface area (Å²) in [6, 6.07) is 5.17. The summed E-state index contributed by atoms with van der Waals surface area (Å²) in [5.41, 5.74) is 0.351. The third kappa shape index (κ3) is 4.84. The maximum absolute atomic E-state index is 12.0. The maximum Gasteiger partial charge on any atom is 0.255 e. The molecule has 0 spiro atoms. The highest BCUT2D eigenvalue weighted by Gasteiger charge is 2.13. The quantitative estimate of drug-likeness (QED) is 0.600. The second-order valence-electron chi connectivity index (χ2n) is 4.53. The molecule has 0 aliphatic rings. The number of halogens is 1. The summed E-state index contributed by atoms with van der Waals surface area (Å²) in [7, 11) is 0. The highest BCUT2D eigenvalue weighted by molar-refractivity contribution is 14.1.